The zero-order valence-corrected chi connectivity index (χ0v) is 15.8. The van der Waals surface area contributed by atoms with Crippen molar-refractivity contribution in [2.75, 3.05) is 5.32 Å². The van der Waals surface area contributed by atoms with Crippen molar-refractivity contribution in [3.63, 3.8) is 0 Å². The fourth-order valence-electron chi connectivity index (χ4n) is 2.31. The largest absolute Gasteiger partial charge is 0.332 e. The highest BCUT2D eigenvalue weighted by atomic mass is 35.5. The van der Waals surface area contributed by atoms with Crippen molar-refractivity contribution in [3.8, 4) is 0 Å². The predicted molar refractivity (Wildman–Crippen MR) is 110 cm³/mol. The number of carbonyl (C=O) groups is 1. The fraction of sp³-hybridized carbons (Fsp3) is 0.200. The predicted octanol–water partition coefficient (Wildman–Crippen LogP) is 5.38. The van der Waals surface area contributed by atoms with Crippen molar-refractivity contribution in [2.45, 2.75) is 26.2 Å². The molecular formula is C20H21ClN2OS. The molecule has 0 bridgehead atoms. The zero-order valence-electron chi connectivity index (χ0n) is 14.3. The first kappa shape index (κ1) is 19.2. The third-order valence-corrected chi connectivity index (χ3v) is 4.34. The number of halogens is 1. The number of anilines is 1. The maximum absolute atomic E-state index is 12.0. The second kappa shape index (κ2) is 9.35. The SMILES string of the molecule is CC[C@@H](C)c1ccccc1NC(=S)NC(=O)/C=C/c1ccc(Cl)cc1. The van der Waals surface area contributed by atoms with Gasteiger partial charge in [-0.1, -0.05) is 55.8 Å². The van der Waals surface area contributed by atoms with Crippen molar-refractivity contribution in [1.82, 2.24) is 5.32 Å². The summed E-state index contributed by atoms with van der Waals surface area (Å²) >= 11 is 11.1. The van der Waals surface area contributed by atoms with Crippen molar-refractivity contribution in [3.05, 3.63) is 70.8 Å². The van der Waals surface area contributed by atoms with Crippen LogP contribution in [0, 0.1) is 0 Å². The van der Waals surface area contributed by atoms with Crippen LogP contribution >= 0.6 is 23.8 Å². The van der Waals surface area contributed by atoms with Gasteiger partial charge in [0.25, 0.3) is 0 Å². The van der Waals surface area contributed by atoms with E-state index in [1.165, 1.54) is 11.6 Å². The van der Waals surface area contributed by atoms with Gasteiger partial charge in [-0.05, 0) is 60.0 Å². The molecule has 0 aromatic heterocycles. The Labute approximate surface area is 159 Å². The normalized spacial score (nSPS) is 12.0. The van der Waals surface area contributed by atoms with Crippen molar-refractivity contribution in [2.24, 2.45) is 0 Å². The number of amides is 1. The third-order valence-electron chi connectivity index (χ3n) is 3.89. The van der Waals surface area contributed by atoms with E-state index >= 15 is 0 Å². The van der Waals surface area contributed by atoms with Crippen LogP contribution in [0.3, 0.4) is 0 Å². The Bertz CT molecular complexity index is 772. The first-order valence-corrected chi connectivity index (χ1v) is 8.92. The summed E-state index contributed by atoms with van der Waals surface area (Å²) in [7, 11) is 0. The Morgan fingerprint density at radius 2 is 1.88 bits per heavy atom. The monoisotopic (exact) mass is 372 g/mol. The Kier molecular flexibility index (Phi) is 7.16. The lowest BCUT2D eigenvalue weighted by molar-refractivity contribution is -0.115. The molecule has 0 heterocycles. The number of hydrogen-bond donors (Lipinski definition) is 2. The van der Waals surface area contributed by atoms with Crippen LogP contribution in [-0.4, -0.2) is 11.0 Å². The van der Waals surface area contributed by atoms with Gasteiger partial charge in [0.15, 0.2) is 5.11 Å². The number of para-hydroxylation sites is 1. The summed E-state index contributed by atoms with van der Waals surface area (Å²) < 4.78 is 0. The second-order valence-corrected chi connectivity index (χ2v) is 6.57. The molecule has 0 fully saturated rings. The Hall–Kier alpha value is -2.17. The van der Waals surface area contributed by atoms with Crippen LogP contribution in [-0.2, 0) is 4.79 Å². The van der Waals surface area contributed by atoms with Gasteiger partial charge in [-0.15, -0.1) is 0 Å². The summed E-state index contributed by atoms with van der Waals surface area (Å²) in [6.45, 7) is 4.31. The number of thiocarbonyl (C=S) groups is 1. The summed E-state index contributed by atoms with van der Waals surface area (Å²) in [5.74, 6) is 0.125. The lowest BCUT2D eigenvalue weighted by Gasteiger charge is -2.16. The van der Waals surface area contributed by atoms with E-state index < -0.39 is 0 Å². The molecule has 0 aliphatic rings. The van der Waals surface area contributed by atoms with Gasteiger partial charge in [0.1, 0.15) is 0 Å². The van der Waals surface area contributed by atoms with E-state index in [2.05, 4.69) is 30.5 Å². The maximum atomic E-state index is 12.0. The summed E-state index contributed by atoms with van der Waals surface area (Å²) in [5, 5.41) is 6.71. The number of benzene rings is 2. The van der Waals surface area contributed by atoms with Crippen LogP contribution in [0.15, 0.2) is 54.6 Å². The van der Waals surface area contributed by atoms with Gasteiger partial charge >= 0.3 is 0 Å². The van der Waals surface area contributed by atoms with Crippen molar-refractivity contribution in [1.29, 1.82) is 0 Å². The molecular weight excluding hydrogens is 352 g/mol. The number of hydrogen-bond acceptors (Lipinski definition) is 2. The van der Waals surface area contributed by atoms with E-state index in [1.54, 1.807) is 18.2 Å². The van der Waals surface area contributed by atoms with Gasteiger partial charge in [0.05, 0.1) is 0 Å². The second-order valence-electron chi connectivity index (χ2n) is 5.72. The van der Waals surface area contributed by atoms with Crippen LogP contribution in [0.2, 0.25) is 5.02 Å². The fourth-order valence-corrected chi connectivity index (χ4v) is 2.65. The van der Waals surface area contributed by atoms with E-state index in [0.29, 0.717) is 10.9 Å². The van der Waals surface area contributed by atoms with Gasteiger partial charge in [-0.25, -0.2) is 0 Å². The minimum Gasteiger partial charge on any atom is -0.332 e. The molecule has 2 N–H and O–H groups in total. The highest BCUT2D eigenvalue weighted by Crippen LogP contribution is 2.26. The van der Waals surface area contributed by atoms with Crippen LogP contribution < -0.4 is 10.6 Å². The zero-order chi connectivity index (χ0) is 18.2. The smallest absolute Gasteiger partial charge is 0.250 e. The molecule has 130 valence electrons. The topological polar surface area (TPSA) is 41.1 Å². The molecule has 0 unspecified atom stereocenters. The minimum absolute atomic E-state index is 0.279. The minimum atomic E-state index is -0.284. The highest BCUT2D eigenvalue weighted by molar-refractivity contribution is 7.80. The van der Waals surface area contributed by atoms with Crippen LogP contribution in [0.5, 0.6) is 0 Å². The first-order chi connectivity index (χ1) is 12.0. The summed E-state index contributed by atoms with van der Waals surface area (Å²) in [6.07, 6.45) is 4.18. The highest BCUT2D eigenvalue weighted by Gasteiger charge is 2.10. The van der Waals surface area contributed by atoms with Crippen LogP contribution in [0.4, 0.5) is 5.69 Å². The number of nitrogens with one attached hydrogen (secondary N) is 2. The van der Waals surface area contributed by atoms with E-state index in [1.807, 2.05) is 30.3 Å². The van der Waals surface area contributed by atoms with E-state index in [4.69, 9.17) is 23.8 Å². The van der Waals surface area contributed by atoms with Gasteiger partial charge in [-0.2, -0.15) is 0 Å². The lowest BCUT2D eigenvalue weighted by Crippen LogP contribution is -2.33. The van der Waals surface area contributed by atoms with Crippen molar-refractivity contribution >= 4 is 46.6 Å². The summed E-state index contributed by atoms with van der Waals surface area (Å²) in [4.78, 5) is 12.0. The summed E-state index contributed by atoms with van der Waals surface area (Å²) in [6, 6.07) is 15.2. The molecule has 5 heteroatoms. The number of carbonyl (C=O) groups excluding carboxylic acids is 1. The molecule has 25 heavy (non-hydrogen) atoms. The molecule has 0 spiro atoms. The number of rotatable bonds is 5. The lowest BCUT2D eigenvalue weighted by atomic mass is 9.97. The van der Waals surface area contributed by atoms with Crippen LogP contribution in [0.25, 0.3) is 6.08 Å². The average Bonchev–Trinajstić information content (AvgIpc) is 2.61. The summed E-state index contributed by atoms with van der Waals surface area (Å²) in [5.41, 5.74) is 2.99. The Morgan fingerprint density at radius 3 is 2.56 bits per heavy atom. The quantitative estimate of drug-likeness (QED) is 0.546. The van der Waals surface area contributed by atoms with E-state index in [-0.39, 0.29) is 11.0 Å². The molecule has 0 aliphatic carbocycles. The van der Waals surface area contributed by atoms with Crippen molar-refractivity contribution < 1.29 is 4.79 Å². The molecule has 2 rings (SSSR count). The molecule has 0 radical (unpaired) electrons. The van der Waals surface area contributed by atoms with Gasteiger partial charge in [-0.3, -0.25) is 10.1 Å². The van der Waals surface area contributed by atoms with Gasteiger partial charge < -0.3 is 5.32 Å². The third kappa shape index (κ3) is 6.00. The molecule has 1 amide bonds. The average molecular weight is 373 g/mol. The molecule has 0 aliphatic heterocycles. The Balaban J connectivity index is 1.96. The maximum Gasteiger partial charge on any atom is 0.250 e. The van der Waals surface area contributed by atoms with E-state index in [9.17, 15) is 4.79 Å². The standard InChI is InChI=1S/C20H21ClN2OS/c1-3-14(2)17-6-4-5-7-18(17)22-20(25)23-19(24)13-10-15-8-11-16(21)12-9-15/h4-14H,3H2,1-2H3,(H2,22,23,24,25)/b13-10+/t14-/m1/s1. The molecule has 2 aromatic rings. The molecule has 2 aromatic carbocycles. The van der Waals surface area contributed by atoms with Gasteiger partial charge in [0.2, 0.25) is 5.91 Å². The Morgan fingerprint density at radius 1 is 1.20 bits per heavy atom. The molecule has 0 saturated carbocycles. The van der Waals surface area contributed by atoms with Gasteiger partial charge in [0, 0.05) is 16.8 Å². The van der Waals surface area contributed by atoms with E-state index in [0.717, 1.165) is 17.7 Å². The van der Waals surface area contributed by atoms with Crippen LogP contribution in [0.1, 0.15) is 37.3 Å². The molecule has 3 nitrogen and oxygen atoms in total. The molecule has 1 atom stereocenters. The molecule has 0 saturated heterocycles. The first-order valence-electron chi connectivity index (χ1n) is 8.14.